The van der Waals surface area contributed by atoms with Crippen LogP contribution in [0.2, 0.25) is 0 Å². The molecule has 35 heavy (non-hydrogen) atoms. The number of benzene rings is 2. The number of hydrogen-bond donors (Lipinski definition) is 0. The summed E-state index contributed by atoms with van der Waals surface area (Å²) in [5, 5.41) is 5.68. The third-order valence-corrected chi connectivity index (χ3v) is 7.49. The minimum atomic E-state index is -0.351. The van der Waals surface area contributed by atoms with Gasteiger partial charge in [-0.3, -0.25) is 9.69 Å². The van der Waals surface area contributed by atoms with E-state index in [1.807, 2.05) is 53.9 Å². The molecular formula is C27H28N4O3S. The number of carbonyl (C=O) groups excluding carboxylic acids is 2. The summed E-state index contributed by atoms with van der Waals surface area (Å²) < 4.78 is 5.52. The van der Waals surface area contributed by atoms with Gasteiger partial charge in [-0.05, 0) is 28.4 Å². The molecule has 0 N–H and O–H groups in total. The van der Waals surface area contributed by atoms with Crippen LogP contribution >= 0.6 is 11.8 Å². The van der Waals surface area contributed by atoms with Crippen LogP contribution in [0, 0.1) is 0 Å². The van der Waals surface area contributed by atoms with Gasteiger partial charge in [-0.25, -0.2) is 4.79 Å². The van der Waals surface area contributed by atoms with Gasteiger partial charge in [0.25, 0.3) is 0 Å². The molecule has 0 saturated carbocycles. The molecule has 180 valence electrons. The normalized spacial score (nSPS) is 20.0. The summed E-state index contributed by atoms with van der Waals surface area (Å²) in [6.07, 6.45) is 2.51. The monoisotopic (exact) mass is 488 g/mol. The Morgan fingerprint density at radius 3 is 2.49 bits per heavy atom. The molecule has 7 nitrogen and oxygen atoms in total. The highest BCUT2D eigenvalue weighted by Gasteiger charge is 2.47. The van der Waals surface area contributed by atoms with Crippen molar-refractivity contribution in [2.45, 2.75) is 50.4 Å². The fourth-order valence-electron chi connectivity index (χ4n) is 4.36. The summed E-state index contributed by atoms with van der Waals surface area (Å²) in [5.41, 5.74) is 3.22. The molecule has 8 heteroatoms. The first kappa shape index (κ1) is 23.4. The molecule has 3 heterocycles. The maximum Gasteiger partial charge on any atom is 0.327 e. The molecule has 3 amide bonds. The van der Waals surface area contributed by atoms with Crippen LogP contribution < -0.4 is 0 Å². The van der Waals surface area contributed by atoms with Gasteiger partial charge in [-0.15, -0.1) is 11.8 Å². The van der Waals surface area contributed by atoms with Gasteiger partial charge in [0.15, 0.2) is 0 Å². The Morgan fingerprint density at radius 1 is 1.03 bits per heavy atom. The summed E-state index contributed by atoms with van der Waals surface area (Å²) in [7, 11) is 0. The molecule has 0 spiro atoms. The van der Waals surface area contributed by atoms with Crippen LogP contribution in [-0.2, 0) is 23.2 Å². The Bertz CT molecular complexity index is 1250. The molecule has 1 aromatic heterocycles. The molecule has 5 rings (SSSR count). The molecule has 2 aliphatic rings. The number of urea groups is 1. The number of rotatable bonds is 6. The van der Waals surface area contributed by atoms with E-state index in [-0.39, 0.29) is 35.2 Å². The zero-order valence-electron chi connectivity index (χ0n) is 20.0. The van der Waals surface area contributed by atoms with E-state index < -0.39 is 0 Å². The molecule has 1 fully saturated rings. The lowest BCUT2D eigenvalue weighted by molar-refractivity contribution is -0.131. The topological polar surface area (TPSA) is 79.5 Å². The van der Waals surface area contributed by atoms with Crippen LogP contribution in [-0.4, -0.2) is 49.7 Å². The second-order valence-corrected chi connectivity index (χ2v) is 10.9. The van der Waals surface area contributed by atoms with Crippen LogP contribution in [0.15, 0.2) is 70.6 Å². The van der Waals surface area contributed by atoms with Crippen molar-refractivity contribution in [1.29, 1.82) is 0 Å². The van der Waals surface area contributed by atoms with Gasteiger partial charge >= 0.3 is 6.03 Å². The number of aromatic nitrogens is 2. The summed E-state index contributed by atoms with van der Waals surface area (Å²) >= 11 is 1.45. The number of amides is 3. The van der Waals surface area contributed by atoms with E-state index in [0.717, 1.165) is 11.1 Å². The van der Waals surface area contributed by atoms with Crippen LogP contribution in [0.1, 0.15) is 37.8 Å². The zero-order chi connectivity index (χ0) is 24.6. The first-order valence-electron chi connectivity index (χ1n) is 11.7. The molecule has 0 radical (unpaired) electrons. The Kier molecular flexibility index (Phi) is 6.23. The second-order valence-electron chi connectivity index (χ2n) is 9.85. The summed E-state index contributed by atoms with van der Waals surface area (Å²) in [5.74, 6) is 0.678. The largest absolute Gasteiger partial charge is 0.337 e. The van der Waals surface area contributed by atoms with Gasteiger partial charge in [-0.1, -0.05) is 86.6 Å². The lowest BCUT2D eigenvalue weighted by Crippen LogP contribution is -2.61. The quantitative estimate of drug-likeness (QED) is 0.484. The van der Waals surface area contributed by atoms with Gasteiger partial charge in [0.05, 0.1) is 6.04 Å². The molecule has 0 aliphatic carbocycles. The SMILES string of the molecule is CC(C)(C)c1ccc(-c2noc(CN3C(=O)N(CCc4ccccc4)C(=O)C4SC=CC43)n2)cc1. The number of nitrogens with zero attached hydrogens (tertiary/aromatic N) is 4. The maximum atomic E-state index is 13.4. The second kappa shape index (κ2) is 9.34. The van der Waals surface area contributed by atoms with E-state index in [4.69, 9.17) is 4.52 Å². The van der Waals surface area contributed by atoms with Crippen molar-refractivity contribution >= 4 is 23.7 Å². The Hall–Kier alpha value is -3.39. The van der Waals surface area contributed by atoms with Gasteiger partial charge in [0.2, 0.25) is 17.6 Å². The van der Waals surface area contributed by atoms with Crippen LogP contribution in [0.4, 0.5) is 4.79 Å². The average Bonchev–Trinajstić information content (AvgIpc) is 3.52. The molecule has 2 atom stereocenters. The first-order valence-corrected chi connectivity index (χ1v) is 12.7. The lowest BCUT2D eigenvalue weighted by atomic mass is 9.87. The lowest BCUT2D eigenvalue weighted by Gasteiger charge is -2.40. The molecule has 2 aromatic carbocycles. The highest BCUT2D eigenvalue weighted by molar-refractivity contribution is 8.03. The van der Waals surface area contributed by atoms with Crippen molar-refractivity contribution in [2.24, 2.45) is 0 Å². The molecule has 2 unspecified atom stereocenters. The maximum absolute atomic E-state index is 13.4. The smallest absolute Gasteiger partial charge is 0.327 e. The van der Waals surface area contributed by atoms with E-state index in [1.165, 1.54) is 22.2 Å². The minimum Gasteiger partial charge on any atom is -0.337 e. The summed E-state index contributed by atoms with van der Waals surface area (Å²) in [6.45, 7) is 6.98. The molecule has 1 saturated heterocycles. The first-order chi connectivity index (χ1) is 16.8. The minimum absolute atomic E-state index is 0.0583. The fourth-order valence-corrected chi connectivity index (χ4v) is 5.42. The highest BCUT2D eigenvalue weighted by Crippen LogP contribution is 2.35. The average molecular weight is 489 g/mol. The van der Waals surface area contributed by atoms with E-state index in [1.54, 1.807) is 4.90 Å². The van der Waals surface area contributed by atoms with Crippen LogP contribution in [0.5, 0.6) is 0 Å². The van der Waals surface area contributed by atoms with E-state index in [9.17, 15) is 9.59 Å². The summed E-state index contributed by atoms with van der Waals surface area (Å²) in [4.78, 5) is 34.1. The number of fused-ring (bicyclic) bond motifs is 1. The molecule has 3 aromatic rings. The Balaban J connectivity index is 1.33. The summed E-state index contributed by atoms with van der Waals surface area (Å²) in [6, 6.07) is 17.3. The van der Waals surface area contributed by atoms with Crippen molar-refractivity contribution in [3.8, 4) is 11.4 Å². The fraction of sp³-hybridized carbons (Fsp3) is 0.333. The zero-order valence-corrected chi connectivity index (χ0v) is 20.9. The van der Waals surface area contributed by atoms with Crippen LogP contribution in [0.25, 0.3) is 11.4 Å². The standard InChI is InChI=1S/C27H28N4O3S/c1-27(2,3)20-11-9-19(10-12-20)24-28-22(34-29-24)17-31-21-14-16-35-23(21)25(32)30(26(31)33)15-13-18-7-5-4-6-8-18/h4-12,14,16,21,23H,13,15,17H2,1-3H3. The van der Waals surface area contributed by atoms with Crippen molar-refractivity contribution in [2.75, 3.05) is 6.54 Å². The molecule has 2 aliphatic heterocycles. The van der Waals surface area contributed by atoms with Gasteiger partial charge in [0, 0.05) is 12.1 Å². The van der Waals surface area contributed by atoms with Crippen molar-refractivity contribution < 1.29 is 14.1 Å². The molecule has 0 bridgehead atoms. The predicted octanol–water partition coefficient (Wildman–Crippen LogP) is 5.04. The number of hydrogen-bond acceptors (Lipinski definition) is 6. The Labute approximate surface area is 209 Å². The highest BCUT2D eigenvalue weighted by atomic mass is 32.2. The van der Waals surface area contributed by atoms with Gasteiger partial charge in [-0.2, -0.15) is 4.98 Å². The van der Waals surface area contributed by atoms with E-state index >= 15 is 0 Å². The van der Waals surface area contributed by atoms with Crippen molar-refractivity contribution in [3.05, 3.63) is 83.1 Å². The van der Waals surface area contributed by atoms with Crippen LogP contribution in [0.3, 0.4) is 0 Å². The number of imide groups is 1. The van der Waals surface area contributed by atoms with Crippen molar-refractivity contribution in [3.63, 3.8) is 0 Å². The number of carbonyl (C=O) groups is 2. The van der Waals surface area contributed by atoms with E-state index in [0.29, 0.717) is 24.7 Å². The van der Waals surface area contributed by atoms with Gasteiger partial charge in [0.1, 0.15) is 11.8 Å². The number of thioether (sulfide) groups is 1. The third kappa shape index (κ3) is 4.75. The predicted molar refractivity (Wildman–Crippen MR) is 136 cm³/mol. The van der Waals surface area contributed by atoms with Crippen molar-refractivity contribution in [1.82, 2.24) is 19.9 Å². The van der Waals surface area contributed by atoms with E-state index in [2.05, 4.69) is 43.0 Å². The van der Waals surface area contributed by atoms with Gasteiger partial charge < -0.3 is 9.42 Å². The third-order valence-electron chi connectivity index (χ3n) is 6.41. The Morgan fingerprint density at radius 2 is 1.77 bits per heavy atom. The molecular weight excluding hydrogens is 460 g/mol.